The van der Waals surface area contributed by atoms with Crippen LogP contribution in [0.5, 0.6) is 0 Å². The summed E-state index contributed by atoms with van der Waals surface area (Å²) < 4.78 is 40.7. The van der Waals surface area contributed by atoms with E-state index in [0.29, 0.717) is 11.4 Å². The van der Waals surface area contributed by atoms with Crippen molar-refractivity contribution in [2.45, 2.75) is 51.3 Å². The van der Waals surface area contributed by atoms with Crippen molar-refractivity contribution in [1.82, 2.24) is 0 Å². The Morgan fingerprint density at radius 1 is 1.12 bits per heavy atom. The zero-order chi connectivity index (χ0) is 18.2. The van der Waals surface area contributed by atoms with E-state index in [1.807, 2.05) is 18.2 Å². The average Bonchev–Trinajstić information content (AvgIpc) is 2.93. The number of halogens is 4. The number of benzene rings is 2. The molecule has 0 heterocycles. The molecule has 2 aromatic rings. The zero-order valence-electron chi connectivity index (χ0n) is 14.5. The highest BCUT2D eigenvalue weighted by Gasteiger charge is 2.37. The van der Waals surface area contributed by atoms with Crippen LogP contribution in [0.15, 0.2) is 36.4 Å². The summed E-state index contributed by atoms with van der Waals surface area (Å²) in [4.78, 5) is 0. The van der Waals surface area contributed by atoms with Gasteiger partial charge in [-0.25, -0.2) is 13.2 Å². The molecule has 0 bridgehead atoms. The number of hydrogen-bond donors (Lipinski definition) is 0. The maximum absolute atomic E-state index is 14.5. The molecule has 0 saturated heterocycles. The van der Waals surface area contributed by atoms with Crippen LogP contribution in [-0.2, 0) is 5.88 Å². The highest BCUT2D eigenvalue weighted by molar-refractivity contribution is 6.17. The Hall–Kier alpha value is -1.48. The van der Waals surface area contributed by atoms with Crippen LogP contribution < -0.4 is 0 Å². The standard InChI is InChI=1S/C21H22ClF3/c1-21(2)9-3-4-18(21)16-10-13(12-22)5-7-15(16)17-11-14(20(24)25)6-8-19(17)23/h5-8,10-11,18,20H,3-4,9,12H2,1-2H3/t18-/m1/s1. The molecule has 2 aromatic carbocycles. The van der Waals surface area contributed by atoms with Gasteiger partial charge in [0.1, 0.15) is 5.82 Å². The van der Waals surface area contributed by atoms with Crippen LogP contribution in [-0.4, -0.2) is 0 Å². The molecule has 0 aliphatic heterocycles. The lowest BCUT2D eigenvalue weighted by molar-refractivity contribution is 0.151. The van der Waals surface area contributed by atoms with Gasteiger partial charge in [0.15, 0.2) is 0 Å². The maximum atomic E-state index is 14.5. The van der Waals surface area contributed by atoms with Crippen molar-refractivity contribution in [3.63, 3.8) is 0 Å². The van der Waals surface area contributed by atoms with Crippen molar-refractivity contribution >= 4 is 11.6 Å². The second-order valence-electron chi connectivity index (χ2n) is 7.53. The molecule has 1 aliphatic carbocycles. The summed E-state index contributed by atoms with van der Waals surface area (Å²) in [6.07, 6.45) is 0.610. The second-order valence-corrected chi connectivity index (χ2v) is 7.80. The van der Waals surface area contributed by atoms with Gasteiger partial charge in [0.05, 0.1) is 0 Å². The predicted molar refractivity (Wildman–Crippen MR) is 96.7 cm³/mol. The Labute approximate surface area is 152 Å². The minimum Gasteiger partial charge on any atom is -0.206 e. The van der Waals surface area contributed by atoms with Crippen LogP contribution >= 0.6 is 11.6 Å². The van der Waals surface area contributed by atoms with Crippen LogP contribution in [0.2, 0.25) is 0 Å². The van der Waals surface area contributed by atoms with Gasteiger partial charge >= 0.3 is 0 Å². The van der Waals surface area contributed by atoms with Crippen LogP contribution in [0.25, 0.3) is 11.1 Å². The smallest absolute Gasteiger partial charge is 0.206 e. The molecular formula is C21H22ClF3. The third-order valence-electron chi connectivity index (χ3n) is 5.44. The molecule has 134 valence electrons. The Bertz CT molecular complexity index is 768. The summed E-state index contributed by atoms with van der Waals surface area (Å²) >= 11 is 6.00. The summed E-state index contributed by atoms with van der Waals surface area (Å²) in [5.74, 6) is 0.167. The molecule has 0 nitrogen and oxygen atoms in total. The molecule has 1 aliphatic rings. The molecule has 4 heteroatoms. The molecule has 1 atom stereocenters. The van der Waals surface area contributed by atoms with Crippen LogP contribution in [0.4, 0.5) is 13.2 Å². The number of alkyl halides is 3. The fourth-order valence-electron chi connectivity index (χ4n) is 4.02. The Morgan fingerprint density at radius 3 is 2.48 bits per heavy atom. The lowest BCUT2D eigenvalue weighted by atomic mass is 9.75. The van der Waals surface area contributed by atoms with E-state index in [1.54, 1.807) is 0 Å². The van der Waals surface area contributed by atoms with Crippen molar-refractivity contribution in [3.05, 3.63) is 58.9 Å². The molecule has 1 saturated carbocycles. The van der Waals surface area contributed by atoms with E-state index < -0.39 is 12.2 Å². The highest BCUT2D eigenvalue weighted by Crippen LogP contribution is 2.51. The van der Waals surface area contributed by atoms with Crippen molar-refractivity contribution in [2.24, 2.45) is 5.41 Å². The SMILES string of the molecule is CC1(C)CCC[C@@H]1c1cc(CCl)ccc1-c1cc(C(F)F)ccc1F. The molecule has 0 radical (unpaired) electrons. The molecule has 0 N–H and O–H groups in total. The quantitative estimate of drug-likeness (QED) is 0.492. The van der Waals surface area contributed by atoms with Gasteiger partial charge in [-0.05, 0) is 53.0 Å². The monoisotopic (exact) mass is 366 g/mol. The summed E-state index contributed by atoms with van der Waals surface area (Å²) in [7, 11) is 0. The fourth-order valence-corrected chi connectivity index (χ4v) is 4.18. The summed E-state index contributed by atoms with van der Waals surface area (Å²) in [6.45, 7) is 4.43. The van der Waals surface area contributed by atoms with E-state index in [1.165, 1.54) is 6.07 Å². The summed E-state index contributed by atoms with van der Waals surface area (Å²) in [5, 5.41) is 0. The molecular weight excluding hydrogens is 345 g/mol. The Balaban J connectivity index is 2.18. The predicted octanol–water partition coefficient (Wildman–Crippen LogP) is 7.46. The lowest BCUT2D eigenvalue weighted by Gasteiger charge is -2.30. The van der Waals surface area contributed by atoms with E-state index in [4.69, 9.17) is 11.6 Å². The Morgan fingerprint density at radius 2 is 1.88 bits per heavy atom. The van der Waals surface area contributed by atoms with Gasteiger partial charge in [-0.1, -0.05) is 44.5 Å². The lowest BCUT2D eigenvalue weighted by Crippen LogP contribution is -2.16. The van der Waals surface area contributed by atoms with Crippen LogP contribution in [0.3, 0.4) is 0 Å². The second kappa shape index (κ2) is 7.03. The Kier molecular flexibility index (Phi) is 5.15. The van der Waals surface area contributed by atoms with Crippen molar-refractivity contribution in [1.29, 1.82) is 0 Å². The zero-order valence-corrected chi connectivity index (χ0v) is 15.2. The topological polar surface area (TPSA) is 0 Å². The van der Waals surface area contributed by atoms with Crippen LogP contribution in [0, 0.1) is 11.2 Å². The third-order valence-corrected chi connectivity index (χ3v) is 5.74. The van der Waals surface area contributed by atoms with Crippen molar-refractivity contribution < 1.29 is 13.2 Å². The highest BCUT2D eigenvalue weighted by atomic mass is 35.5. The van der Waals surface area contributed by atoms with Crippen molar-refractivity contribution in [2.75, 3.05) is 0 Å². The van der Waals surface area contributed by atoms with Gasteiger partial charge in [-0.15, -0.1) is 11.6 Å². The molecule has 1 fully saturated rings. The van der Waals surface area contributed by atoms with E-state index in [2.05, 4.69) is 13.8 Å². The van der Waals surface area contributed by atoms with E-state index in [-0.39, 0.29) is 22.5 Å². The number of hydrogen-bond acceptors (Lipinski definition) is 0. The summed E-state index contributed by atoms with van der Waals surface area (Å²) in [6, 6.07) is 9.26. The van der Waals surface area contributed by atoms with Gasteiger partial charge in [0, 0.05) is 17.0 Å². The average molecular weight is 367 g/mol. The van der Waals surface area contributed by atoms with Gasteiger partial charge in [-0.2, -0.15) is 0 Å². The fraction of sp³-hybridized carbons (Fsp3) is 0.429. The largest absolute Gasteiger partial charge is 0.263 e. The minimum atomic E-state index is -2.62. The van der Waals surface area contributed by atoms with Gasteiger partial charge in [0.2, 0.25) is 0 Å². The first-order valence-electron chi connectivity index (χ1n) is 8.60. The molecule has 3 rings (SSSR count). The molecule has 0 spiro atoms. The van der Waals surface area contributed by atoms with Crippen molar-refractivity contribution in [3.8, 4) is 11.1 Å². The molecule has 0 amide bonds. The van der Waals surface area contributed by atoms with E-state index in [0.717, 1.165) is 42.5 Å². The van der Waals surface area contributed by atoms with Gasteiger partial charge < -0.3 is 0 Å². The van der Waals surface area contributed by atoms with Gasteiger partial charge in [0.25, 0.3) is 6.43 Å². The molecule has 0 unspecified atom stereocenters. The number of rotatable bonds is 4. The first kappa shape index (κ1) is 18.3. The van der Waals surface area contributed by atoms with E-state index >= 15 is 0 Å². The third kappa shape index (κ3) is 3.57. The molecule has 25 heavy (non-hydrogen) atoms. The maximum Gasteiger partial charge on any atom is 0.263 e. The van der Waals surface area contributed by atoms with E-state index in [9.17, 15) is 13.2 Å². The first-order chi connectivity index (χ1) is 11.8. The first-order valence-corrected chi connectivity index (χ1v) is 9.13. The minimum absolute atomic E-state index is 0.0937. The van der Waals surface area contributed by atoms with Gasteiger partial charge in [-0.3, -0.25) is 0 Å². The normalized spacial score (nSPS) is 19.6. The van der Waals surface area contributed by atoms with Crippen LogP contribution in [0.1, 0.15) is 62.1 Å². The summed E-state index contributed by atoms with van der Waals surface area (Å²) in [5.41, 5.74) is 2.87. The molecule has 0 aromatic heterocycles.